The number of nitrogens with zero attached hydrogens (tertiary/aromatic N) is 3. The van der Waals surface area contributed by atoms with E-state index in [0.29, 0.717) is 6.61 Å². The van der Waals surface area contributed by atoms with E-state index in [-0.39, 0.29) is 24.2 Å². The number of likely N-dealkylation sites (tertiary alicyclic amines) is 1. The standard InChI is InChI=1S/C17H27N3O3S/c1-13-15(24-12-18-13)8-20-6-4-5-17(11-20)7-14(9-23-17)22-10-16(21)19(2)3/h12,14H,4-11H2,1-3H3/t14-,17-/m0/s1. The van der Waals surface area contributed by atoms with Gasteiger partial charge in [0.05, 0.1) is 29.5 Å². The van der Waals surface area contributed by atoms with Crippen molar-refractivity contribution >= 4 is 17.2 Å². The molecule has 3 rings (SSSR count). The van der Waals surface area contributed by atoms with Crippen molar-refractivity contribution in [3.05, 3.63) is 16.1 Å². The topological polar surface area (TPSA) is 54.9 Å². The summed E-state index contributed by atoms with van der Waals surface area (Å²) in [6, 6.07) is 0. The molecule has 2 aliphatic rings. The molecule has 1 aromatic heterocycles. The first-order valence-electron chi connectivity index (χ1n) is 8.54. The summed E-state index contributed by atoms with van der Waals surface area (Å²) in [5.74, 6) is 0.00175. The van der Waals surface area contributed by atoms with Crippen LogP contribution in [0.25, 0.3) is 0 Å². The van der Waals surface area contributed by atoms with E-state index in [1.165, 1.54) is 4.88 Å². The van der Waals surface area contributed by atoms with Crippen LogP contribution in [0.15, 0.2) is 5.51 Å². The Labute approximate surface area is 147 Å². The molecular formula is C17H27N3O3S. The summed E-state index contributed by atoms with van der Waals surface area (Å²) in [5, 5.41) is 0. The van der Waals surface area contributed by atoms with Crippen molar-refractivity contribution in [1.82, 2.24) is 14.8 Å². The van der Waals surface area contributed by atoms with E-state index in [4.69, 9.17) is 9.47 Å². The second-order valence-electron chi connectivity index (χ2n) is 7.09. The Kier molecular flexibility index (Phi) is 5.54. The monoisotopic (exact) mass is 353 g/mol. The third-order valence-electron chi connectivity index (χ3n) is 4.95. The highest BCUT2D eigenvalue weighted by molar-refractivity contribution is 7.09. The van der Waals surface area contributed by atoms with Crippen LogP contribution in [-0.4, -0.2) is 72.8 Å². The highest BCUT2D eigenvalue weighted by Gasteiger charge is 2.44. The summed E-state index contributed by atoms with van der Waals surface area (Å²) in [5.41, 5.74) is 2.94. The highest BCUT2D eigenvalue weighted by Crippen LogP contribution is 2.36. The Balaban J connectivity index is 1.52. The number of hydrogen-bond acceptors (Lipinski definition) is 6. The molecule has 1 aromatic rings. The fraction of sp³-hybridized carbons (Fsp3) is 0.765. The molecule has 0 N–H and O–H groups in total. The fourth-order valence-corrected chi connectivity index (χ4v) is 4.34. The highest BCUT2D eigenvalue weighted by atomic mass is 32.1. The lowest BCUT2D eigenvalue weighted by molar-refractivity contribution is -0.135. The van der Waals surface area contributed by atoms with Crippen molar-refractivity contribution in [3.8, 4) is 0 Å². The van der Waals surface area contributed by atoms with Gasteiger partial charge in [0.1, 0.15) is 6.61 Å². The molecular weight excluding hydrogens is 326 g/mol. The van der Waals surface area contributed by atoms with E-state index in [0.717, 1.165) is 44.6 Å². The Bertz CT molecular complexity index is 577. The molecule has 134 valence electrons. The number of piperidine rings is 1. The molecule has 0 bridgehead atoms. The van der Waals surface area contributed by atoms with Gasteiger partial charge >= 0.3 is 0 Å². The molecule has 0 saturated carbocycles. The van der Waals surface area contributed by atoms with Crippen LogP contribution in [0.1, 0.15) is 29.8 Å². The average Bonchev–Trinajstić information content (AvgIpc) is 3.12. The third kappa shape index (κ3) is 4.14. The van der Waals surface area contributed by atoms with Crippen LogP contribution in [-0.2, 0) is 20.8 Å². The Morgan fingerprint density at radius 1 is 1.58 bits per heavy atom. The SMILES string of the molecule is Cc1ncsc1CN1CCC[C@]2(C[C@H](OCC(=O)N(C)C)CO2)C1. The zero-order chi connectivity index (χ0) is 17.2. The zero-order valence-electron chi connectivity index (χ0n) is 14.8. The molecule has 0 aromatic carbocycles. The maximum Gasteiger partial charge on any atom is 0.248 e. The summed E-state index contributed by atoms with van der Waals surface area (Å²) in [6.07, 6.45) is 3.12. The second kappa shape index (κ2) is 7.47. The van der Waals surface area contributed by atoms with Gasteiger partial charge in [0.25, 0.3) is 0 Å². The van der Waals surface area contributed by atoms with E-state index in [1.807, 2.05) is 5.51 Å². The minimum Gasteiger partial charge on any atom is -0.371 e. The van der Waals surface area contributed by atoms with Gasteiger partial charge in [-0.25, -0.2) is 4.98 Å². The van der Waals surface area contributed by atoms with Gasteiger partial charge in [0, 0.05) is 38.5 Å². The lowest BCUT2D eigenvalue weighted by Gasteiger charge is -2.39. The average molecular weight is 353 g/mol. The van der Waals surface area contributed by atoms with Crippen molar-refractivity contribution < 1.29 is 14.3 Å². The second-order valence-corrected chi connectivity index (χ2v) is 8.03. The molecule has 0 aliphatic carbocycles. The fourth-order valence-electron chi connectivity index (χ4n) is 3.52. The number of carbonyl (C=O) groups excluding carboxylic acids is 1. The van der Waals surface area contributed by atoms with Crippen LogP contribution in [0.4, 0.5) is 0 Å². The van der Waals surface area contributed by atoms with Crippen molar-refractivity contribution in [3.63, 3.8) is 0 Å². The van der Waals surface area contributed by atoms with Gasteiger partial charge in [-0.05, 0) is 26.3 Å². The predicted molar refractivity (Wildman–Crippen MR) is 93.1 cm³/mol. The molecule has 0 radical (unpaired) electrons. The number of thiazole rings is 1. The number of amides is 1. The minimum absolute atomic E-state index is 0.00175. The van der Waals surface area contributed by atoms with Gasteiger partial charge in [0.15, 0.2) is 0 Å². The van der Waals surface area contributed by atoms with Crippen molar-refractivity contribution in [1.29, 1.82) is 0 Å². The van der Waals surface area contributed by atoms with Crippen LogP contribution in [0.2, 0.25) is 0 Å². The molecule has 1 spiro atoms. The summed E-state index contributed by atoms with van der Waals surface area (Å²) >= 11 is 1.73. The molecule has 24 heavy (non-hydrogen) atoms. The number of aromatic nitrogens is 1. The van der Waals surface area contributed by atoms with Crippen LogP contribution >= 0.6 is 11.3 Å². The third-order valence-corrected chi connectivity index (χ3v) is 5.87. The normalized spacial score (nSPS) is 27.7. The first kappa shape index (κ1) is 17.8. The predicted octanol–water partition coefficient (Wildman–Crippen LogP) is 1.68. The molecule has 6 nitrogen and oxygen atoms in total. The van der Waals surface area contributed by atoms with Crippen molar-refractivity contribution in [2.24, 2.45) is 0 Å². The van der Waals surface area contributed by atoms with E-state index >= 15 is 0 Å². The maximum atomic E-state index is 11.7. The van der Waals surface area contributed by atoms with E-state index < -0.39 is 0 Å². The van der Waals surface area contributed by atoms with Gasteiger partial charge in [-0.2, -0.15) is 0 Å². The van der Waals surface area contributed by atoms with Crippen molar-refractivity contribution in [2.75, 3.05) is 40.4 Å². The Morgan fingerprint density at radius 3 is 3.12 bits per heavy atom. The lowest BCUT2D eigenvalue weighted by Crippen LogP contribution is -2.47. The number of rotatable bonds is 5. The van der Waals surface area contributed by atoms with E-state index in [1.54, 1.807) is 30.3 Å². The Morgan fingerprint density at radius 2 is 2.42 bits per heavy atom. The van der Waals surface area contributed by atoms with E-state index in [9.17, 15) is 4.79 Å². The molecule has 0 unspecified atom stereocenters. The van der Waals surface area contributed by atoms with Gasteiger partial charge in [-0.1, -0.05) is 0 Å². The van der Waals surface area contributed by atoms with Crippen LogP contribution in [0.5, 0.6) is 0 Å². The summed E-state index contributed by atoms with van der Waals surface area (Å²) in [6.45, 7) is 5.80. The van der Waals surface area contributed by atoms with Crippen LogP contribution < -0.4 is 0 Å². The van der Waals surface area contributed by atoms with Gasteiger partial charge in [-0.15, -0.1) is 11.3 Å². The molecule has 2 aliphatic heterocycles. The molecule has 2 fully saturated rings. The number of carbonyl (C=O) groups is 1. The van der Waals surface area contributed by atoms with Gasteiger partial charge < -0.3 is 14.4 Å². The van der Waals surface area contributed by atoms with Crippen LogP contribution in [0, 0.1) is 6.92 Å². The minimum atomic E-state index is -0.108. The van der Waals surface area contributed by atoms with E-state index in [2.05, 4.69) is 16.8 Å². The molecule has 7 heteroatoms. The molecule has 2 saturated heterocycles. The number of aryl methyl sites for hydroxylation is 1. The smallest absolute Gasteiger partial charge is 0.248 e. The van der Waals surface area contributed by atoms with Gasteiger partial charge in [-0.3, -0.25) is 9.69 Å². The molecule has 1 amide bonds. The quantitative estimate of drug-likeness (QED) is 0.806. The maximum absolute atomic E-state index is 11.7. The zero-order valence-corrected chi connectivity index (χ0v) is 15.6. The first-order valence-corrected chi connectivity index (χ1v) is 9.42. The summed E-state index contributed by atoms with van der Waals surface area (Å²) in [4.78, 5) is 21.4. The number of likely N-dealkylation sites (N-methyl/N-ethyl adjacent to an activating group) is 1. The molecule has 2 atom stereocenters. The summed E-state index contributed by atoms with van der Waals surface area (Å²) < 4.78 is 11.9. The first-order chi connectivity index (χ1) is 11.5. The van der Waals surface area contributed by atoms with Crippen LogP contribution in [0.3, 0.4) is 0 Å². The van der Waals surface area contributed by atoms with Gasteiger partial charge in [0.2, 0.25) is 5.91 Å². The number of ether oxygens (including phenoxy) is 2. The van der Waals surface area contributed by atoms with Crippen molar-refractivity contribution in [2.45, 2.75) is 44.4 Å². The summed E-state index contributed by atoms with van der Waals surface area (Å²) in [7, 11) is 3.50. The molecule has 3 heterocycles. The largest absolute Gasteiger partial charge is 0.371 e. The Hall–Kier alpha value is -1.02. The number of hydrogen-bond donors (Lipinski definition) is 0. The lowest BCUT2D eigenvalue weighted by atomic mass is 9.89.